The average Bonchev–Trinajstić information content (AvgIpc) is 3.47. The van der Waals surface area contributed by atoms with Gasteiger partial charge in [-0.15, -0.1) is 11.3 Å². The number of benzene rings is 1. The summed E-state index contributed by atoms with van der Waals surface area (Å²) in [6, 6.07) is 2.15. The third-order valence-electron chi connectivity index (χ3n) is 9.24. The molecule has 3 aliphatic rings. The van der Waals surface area contributed by atoms with E-state index in [1.807, 2.05) is 13.8 Å². The van der Waals surface area contributed by atoms with E-state index in [1.165, 1.54) is 18.9 Å². The lowest BCUT2D eigenvalue weighted by atomic mass is 9.85. The number of hydrogen-bond acceptors (Lipinski definition) is 8. The third kappa shape index (κ3) is 4.17. The minimum absolute atomic E-state index is 0.154. The molecule has 4 heterocycles. The first-order chi connectivity index (χ1) is 19.7. The van der Waals surface area contributed by atoms with E-state index in [-0.39, 0.29) is 33.1 Å². The summed E-state index contributed by atoms with van der Waals surface area (Å²) in [7, 11) is 4.27. The fraction of sp³-hybridized carbons (Fsp3) is 0.452. The number of allylic oxidation sites excluding steroid dienone is 2. The highest BCUT2D eigenvalue weighted by Gasteiger charge is 2.55. The number of rotatable bonds is 7. The Morgan fingerprint density at radius 1 is 1.29 bits per heavy atom. The van der Waals surface area contributed by atoms with Crippen LogP contribution in [0.25, 0.3) is 22.3 Å². The van der Waals surface area contributed by atoms with Gasteiger partial charge in [0.25, 0.3) is 0 Å². The highest BCUT2D eigenvalue weighted by molar-refractivity contribution is 7.17. The number of aromatic nitrogens is 2. The van der Waals surface area contributed by atoms with Crippen LogP contribution >= 0.6 is 11.3 Å². The lowest BCUT2D eigenvalue weighted by Crippen LogP contribution is -2.57. The standard InChI is InChI=1S/C31H34F2N6OS/c1-6-16(3)23(25-18(10-34)29(35)41-28(25)22(32)7-2)24-21-15-40-14-20(21)19-11-36-30(37-27(19)26(24)33)39-12-17(13-39)31(8-9-31)38(4)5/h7,11,17H,6,8-9,12-15,35H2,1-5H3/b22-7+,23-16+. The molecule has 0 radical (unpaired) electrons. The summed E-state index contributed by atoms with van der Waals surface area (Å²) in [5.41, 5.74) is 10.3. The van der Waals surface area contributed by atoms with E-state index in [2.05, 4.69) is 34.9 Å². The quantitative estimate of drug-likeness (QED) is 0.348. The predicted octanol–water partition coefficient (Wildman–Crippen LogP) is 6.41. The molecule has 0 amide bonds. The number of thiophene rings is 1. The Kier molecular flexibility index (Phi) is 6.88. The third-order valence-corrected chi connectivity index (χ3v) is 10.3. The van der Waals surface area contributed by atoms with Gasteiger partial charge in [0.15, 0.2) is 5.82 Å². The van der Waals surface area contributed by atoms with Gasteiger partial charge in [-0.05, 0) is 63.9 Å². The number of nitrogens with two attached hydrogens (primary N) is 1. The summed E-state index contributed by atoms with van der Waals surface area (Å²) in [4.78, 5) is 14.1. The van der Waals surface area contributed by atoms with E-state index >= 15 is 8.78 Å². The number of nitrogens with zero attached hydrogens (tertiary/aromatic N) is 5. The summed E-state index contributed by atoms with van der Waals surface area (Å²) in [5, 5.41) is 10.9. The van der Waals surface area contributed by atoms with Gasteiger partial charge in [-0.25, -0.2) is 18.7 Å². The van der Waals surface area contributed by atoms with Gasteiger partial charge in [-0.2, -0.15) is 5.26 Å². The molecule has 7 nitrogen and oxygen atoms in total. The van der Waals surface area contributed by atoms with Crippen LogP contribution in [-0.2, 0) is 18.0 Å². The van der Waals surface area contributed by atoms with Gasteiger partial charge >= 0.3 is 0 Å². The van der Waals surface area contributed by atoms with Crippen molar-refractivity contribution >= 4 is 44.6 Å². The molecule has 2 fully saturated rings. The molecule has 0 atom stereocenters. The summed E-state index contributed by atoms with van der Waals surface area (Å²) >= 11 is 1.01. The maximum atomic E-state index is 16.9. The van der Waals surface area contributed by atoms with Crippen molar-refractivity contribution in [3.63, 3.8) is 0 Å². The molecule has 0 spiro atoms. The number of nitriles is 1. The fourth-order valence-electron chi connectivity index (χ4n) is 6.47. The lowest BCUT2D eigenvalue weighted by Gasteiger charge is -2.46. The largest absolute Gasteiger partial charge is 0.389 e. The Balaban J connectivity index is 1.53. The summed E-state index contributed by atoms with van der Waals surface area (Å²) in [5.74, 6) is 0.0145. The molecule has 2 aliphatic heterocycles. The van der Waals surface area contributed by atoms with Crippen molar-refractivity contribution < 1.29 is 13.5 Å². The van der Waals surface area contributed by atoms with Gasteiger partial charge in [0.1, 0.15) is 22.4 Å². The maximum absolute atomic E-state index is 16.9. The van der Waals surface area contributed by atoms with Crippen LogP contribution in [0.5, 0.6) is 0 Å². The first-order valence-corrected chi connectivity index (χ1v) is 14.8. The van der Waals surface area contributed by atoms with Gasteiger partial charge in [0, 0.05) is 47.3 Å². The van der Waals surface area contributed by atoms with Crippen molar-refractivity contribution in [3.8, 4) is 6.07 Å². The highest BCUT2D eigenvalue weighted by Crippen LogP contribution is 2.51. The molecule has 10 heteroatoms. The number of halogens is 2. The fourth-order valence-corrected chi connectivity index (χ4v) is 7.47. The minimum Gasteiger partial charge on any atom is -0.389 e. The molecular weight excluding hydrogens is 542 g/mol. The minimum atomic E-state index is -0.514. The number of anilines is 2. The van der Waals surface area contributed by atoms with Crippen LogP contribution in [0, 0.1) is 23.1 Å². The molecule has 1 aliphatic carbocycles. The van der Waals surface area contributed by atoms with Crippen molar-refractivity contribution in [2.24, 2.45) is 5.92 Å². The van der Waals surface area contributed by atoms with Crippen LogP contribution in [0.3, 0.4) is 0 Å². The Morgan fingerprint density at radius 2 is 2.00 bits per heavy atom. The SMILES string of the molecule is C/C=C(/F)c1sc(N)c(C#N)c1/C(=C(\C)CC)c1c2c(c3cnc(N4CC(C5(N(C)C)CC5)C4)nc3c1F)COC2. The normalized spacial score (nSPS) is 18.9. The van der Waals surface area contributed by atoms with E-state index in [0.29, 0.717) is 52.5 Å². The molecule has 0 unspecified atom stereocenters. The van der Waals surface area contributed by atoms with Crippen molar-refractivity contribution in [1.82, 2.24) is 14.9 Å². The first-order valence-electron chi connectivity index (χ1n) is 14.0. The molecule has 1 saturated heterocycles. The van der Waals surface area contributed by atoms with Crippen LogP contribution in [0.15, 0.2) is 17.8 Å². The van der Waals surface area contributed by atoms with Crippen molar-refractivity contribution in [2.75, 3.05) is 37.8 Å². The zero-order valence-corrected chi connectivity index (χ0v) is 24.9. The van der Waals surface area contributed by atoms with Crippen molar-refractivity contribution in [2.45, 2.75) is 58.8 Å². The van der Waals surface area contributed by atoms with Crippen molar-refractivity contribution in [3.05, 3.63) is 56.4 Å². The van der Waals surface area contributed by atoms with Crippen LogP contribution in [-0.4, -0.2) is 47.6 Å². The van der Waals surface area contributed by atoms with Gasteiger partial charge < -0.3 is 20.3 Å². The van der Waals surface area contributed by atoms with E-state index in [0.717, 1.165) is 35.6 Å². The first kappa shape index (κ1) is 27.8. The molecule has 41 heavy (non-hydrogen) atoms. The predicted molar refractivity (Wildman–Crippen MR) is 160 cm³/mol. The van der Waals surface area contributed by atoms with Gasteiger partial charge in [-0.3, -0.25) is 0 Å². The molecular formula is C31H34F2N6OS. The van der Waals surface area contributed by atoms with Crippen molar-refractivity contribution in [1.29, 1.82) is 5.26 Å². The number of hydrogen-bond donors (Lipinski definition) is 1. The zero-order chi connectivity index (χ0) is 29.2. The summed E-state index contributed by atoms with van der Waals surface area (Å²) in [6.45, 7) is 7.59. The average molecular weight is 577 g/mol. The smallest absolute Gasteiger partial charge is 0.225 e. The Bertz CT molecular complexity index is 1670. The number of nitrogen functional groups attached to an aromatic ring is 1. The number of fused-ring (bicyclic) bond motifs is 3. The molecule has 0 bridgehead atoms. The van der Waals surface area contributed by atoms with E-state index in [1.54, 1.807) is 13.1 Å². The monoisotopic (exact) mass is 576 g/mol. The second kappa shape index (κ2) is 10.2. The van der Waals surface area contributed by atoms with E-state index < -0.39 is 11.6 Å². The topological polar surface area (TPSA) is 91.3 Å². The van der Waals surface area contributed by atoms with Crippen LogP contribution < -0.4 is 10.6 Å². The Labute approximate surface area is 242 Å². The molecule has 2 aromatic heterocycles. The molecule has 6 rings (SSSR count). The highest BCUT2D eigenvalue weighted by atomic mass is 32.1. The zero-order valence-electron chi connectivity index (χ0n) is 24.1. The maximum Gasteiger partial charge on any atom is 0.225 e. The van der Waals surface area contributed by atoms with Crippen LogP contribution in [0.1, 0.15) is 72.7 Å². The molecule has 2 N–H and O–H groups in total. The van der Waals surface area contributed by atoms with Gasteiger partial charge in [-0.1, -0.05) is 18.6 Å². The summed E-state index contributed by atoms with van der Waals surface area (Å²) < 4.78 is 38.0. The van der Waals surface area contributed by atoms with Crippen LogP contribution in [0.4, 0.5) is 19.7 Å². The van der Waals surface area contributed by atoms with Gasteiger partial charge in [0.05, 0.1) is 23.7 Å². The van der Waals surface area contributed by atoms with E-state index in [9.17, 15) is 5.26 Å². The lowest BCUT2D eigenvalue weighted by molar-refractivity contribution is 0.134. The molecule has 1 saturated carbocycles. The van der Waals surface area contributed by atoms with E-state index in [4.69, 9.17) is 15.5 Å². The Hall–Kier alpha value is -3.39. The molecule has 214 valence electrons. The van der Waals surface area contributed by atoms with Gasteiger partial charge in [0.2, 0.25) is 5.95 Å². The Morgan fingerprint density at radius 3 is 2.61 bits per heavy atom. The summed E-state index contributed by atoms with van der Waals surface area (Å²) in [6.07, 6.45) is 5.99. The van der Waals surface area contributed by atoms with Crippen LogP contribution in [0.2, 0.25) is 0 Å². The second-order valence-electron chi connectivity index (χ2n) is 11.5. The second-order valence-corrected chi connectivity index (χ2v) is 12.5. The number of ether oxygens (including phenoxy) is 1. The molecule has 3 aromatic rings. The molecule has 1 aromatic carbocycles.